The molecule has 2 aromatic rings. The fourth-order valence-corrected chi connectivity index (χ4v) is 2.11. The largest absolute Gasteiger partial charge is 0.481 e. The van der Waals surface area contributed by atoms with E-state index < -0.39 is 5.97 Å². The first-order valence-corrected chi connectivity index (χ1v) is 5.87. The van der Waals surface area contributed by atoms with Gasteiger partial charge in [-0.3, -0.25) is 4.79 Å². The van der Waals surface area contributed by atoms with Gasteiger partial charge in [-0.15, -0.1) is 0 Å². The van der Waals surface area contributed by atoms with E-state index in [-0.39, 0.29) is 6.42 Å². The van der Waals surface area contributed by atoms with Gasteiger partial charge in [0.05, 0.1) is 0 Å². The molecule has 0 saturated heterocycles. The summed E-state index contributed by atoms with van der Waals surface area (Å²) in [6.07, 6.45) is 1.76. The number of fused-ring (bicyclic) bond motifs is 1. The lowest BCUT2D eigenvalue weighted by Gasteiger charge is -2.01. The average molecular weight is 231 g/mol. The first kappa shape index (κ1) is 11.7. The fraction of sp³-hybridized carbons (Fsp3) is 0.357. The summed E-state index contributed by atoms with van der Waals surface area (Å²) in [5.74, 6) is -0.722. The zero-order chi connectivity index (χ0) is 12.4. The maximum absolute atomic E-state index is 10.5. The highest BCUT2D eigenvalue weighted by Crippen LogP contribution is 2.23. The van der Waals surface area contributed by atoms with Gasteiger partial charge in [0.25, 0.3) is 0 Å². The zero-order valence-corrected chi connectivity index (χ0v) is 10.2. The van der Waals surface area contributed by atoms with Crippen LogP contribution in [0, 0.1) is 13.8 Å². The molecule has 0 aliphatic heterocycles. The van der Waals surface area contributed by atoms with Crippen molar-refractivity contribution >= 4 is 16.9 Å². The van der Waals surface area contributed by atoms with E-state index in [1.54, 1.807) is 0 Å². The van der Waals surface area contributed by atoms with Crippen molar-refractivity contribution in [3.8, 4) is 0 Å². The fourth-order valence-electron chi connectivity index (χ4n) is 2.11. The van der Waals surface area contributed by atoms with Crippen LogP contribution in [-0.4, -0.2) is 16.1 Å². The Hall–Kier alpha value is -1.77. The molecular weight excluding hydrogens is 214 g/mol. The lowest BCUT2D eigenvalue weighted by Crippen LogP contribution is -1.95. The van der Waals surface area contributed by atoms with Gasteiger partial charge in [-0.05, 0) is 49.9 Å². The van der Waals surface area contributed by atoms with Crippen molar-refractivity contribution in [2.24, 2.45) is 0 Å². The van der Waals surface area contributed by atoms with Crippen molar-refractivity contribution in [2.75, 3.05) is 0 Å². The van der Waals surface area contributed by atoms with E-state index in [9.17, 15) is 4.79 Å². The molecule has 0 atom stereocenters. The number of carbonyl (C=O) groups is 1. The van der Waals surface area contributed by atoms with Gasteiger partial charge >= 0.3 is 5.97 Å². The number of nitrogens with one attached hydrogen (secondary N) is 1. The van der Waals surface area contributed by atoms with E-state index in [0.29, 0.717) is 6.42 Å². The standard InChI is InChI=1S/C14H17NO2/c1-9-10(2)15-13-7-6-11(8-12(9)13)4-3-5-14(16)17/h6-8,15H,3-5H2,1-2H3,(H,16,17). The van der Waals surface area contributed by atoms with Crippen molar-refractivity contribution in [3.63, 3.8) is 0 Å². The van der Waals surface area contributed by atoms with Crippen LogP contribution in [0.1, 0.15) is 29.7 Å². The molecule has 3 nitrogen and oxygen atoms in total. The van der Waals surface area contributed by atoms with Gasteiger partial charge in [0.1, 0.15) is 0 Å². The maximum atomic E-state index is 10.5. The van der Waals surface area contributed by atoms with Gasteiger partial charge in [-0.1, -0.05) is 6.07 Å². The van der Waals surface area contributed by atoms with E-state index >= 15 is 0 Å². The van der Waals surface area contributed by atoms with Crippen molar-refractivity contribution < 1.29 is 9.90 Å². The number of hydrogen-bond acceptors (Lipinski definition) is 1. The molecule has 0 aliphatic carbocycles. The Bertz CT molecular complexity index is 555. The SMILES string of the molecule is Cc1[nH]c2ccc(CCCC(=O)O)cc2c1C. The van der Waals surface area contributed by atoms with E-state index in [4.69, 9.17) is 5.11 Å². The molecule has 1 aromatic carbocycles. The summed E-state index contributed by atoms with van der Waals surface area (Å²) in [6, 6.07) is 6.31. The van der Waals surface area contributed by atoms with Gasteiger partial charge in [0.2, 0.25) is 0 Å². The second kappa shape index (κ2) is 4.62. The van der Waals surface area contributed by atoms with E-state index in [0.717, 1.165) is 11.9 Å². The summed E-state index contributed by atoms with van der Waals surface area (Å²) >= 11 is 0. The highest BCUT2D eigenvalue weighted by Gasteiger charge is 2.05. The van der Waals surface area contributed by atoms with Gasteiger partial charge in [0, 0.05) is 23.0 Å². The monoisotopic (exact) mass is 231 g/mol. The van der Waals surface area contributed by atoms with E-state index in [1.165, 1.54) is 22.2 Å². The summed E-state index contributed by atoms with van der Waals surface area (Å²) in [7, 11) is 0. The zero-order valence-electron chi connectivity index (χ0n) is 10.2. The number of benzene rings is 1. The molecule has 3 heteroatoms. The number of aliphatic carboxylic acids is 1. The molecule has 0 amide bonds. The van der Waals surface area contributed by atoms with Crippen molar-refractivity contribution in [1.82, 2.24) is 4.98 Å². The molecule has 1 heterocycles. The Morgan fingerprint density at radius 1 is 1.35 bits per heavy atom. The average Bonchev–Trinajstić information content (AvgIpc) is 2.55. The Kier molecular flexibility index (Phi) is 3.18. The molecule has 0 spiro atoms. The first-order valence-electron chi connectivity index (χ1n) is 5.87. The van der Waals surface area contributed by atoms with Crippen LogP contribution in [0.4, 0.5) is 0 Å². The van der Waals surface area contributed by atoms with Crippen LogP contribution in [0.3, 0.4) is 0 Å². The molecule has 0 aliphatic rings. The number of aromatic nitrogens is 1. The first-order chi connectivity index (χ1) is 8.08. The lowest BCUT2D eigenvalue weighted by molar-refractivity contribution is -0.137. The number of aromatic amines is 1. The van der Waals surface area contributed by atoms with Crippen LogP contribution >= 0.6 is 0 Å². The molecule has 0 unspecified atom stereocenters. The Labute approximate surface area is 100 Å². The van der Waals surface area contributed by atoms with Crippen molar-refractivity contribution in [3.05, 3.63) is 35.0 Å². The summed E-state index contributed by atoms with van der Waals surface area (Å²) < 4.78 is 0. The molecule has 0 fully saturated rings. The van der Waals surface area contributed by atoms with Gasteiger partial charge in [0.15, 0.2) is 0 Å². The van der Waals surface area contributed by atoms with Crippen LogP contribution < -0.4 is 0 Å². The lowest BCUT2D eigenvalue weighted by atomic mass is 10.0. The van der Waals surface area contributed by atoms with Crippen LogP contribution in [0.15, 0.2) is 18.2 Å². The second-order valence-electron chi connectivity index (χ2n) is 4.50. The van der Waals surface area contributed by atoms with Crippen molar-refractivity contribution in [1.29, 1.82) is 0 Å². The topological polar surface area (TPSA) is 53.1 Å². The Morgan fingerprint density at radius 3 is 2.82 bits per heavy atom. The van der Waals surface area contributed by atoms with Crippen LogP contribution in [0.25, 0.3) is 10.9 Å². The van der Waals surface area contributed by atoms with Crippen LogP contribution in [0.2, 0.25) is 0 Å². The Morgan fingerprint density at radius 2 is 2.12 bits per heavy atom. The van der Waals surface area contributed by atoms with Gasteiger partial charge in [-0.25, -0.2) is 0 Å². The molecule has 0 saturated carbocycles. The van der Waals surface area contributed by atoms with Gasteiger partial charge < -0.3 is 10.1 Å². The second-order valence-corrected chi connectivity index (χ2v) is 4.50. The summed E-state index contributed by atoms with van der Waals surface area (Å²) in [4.78, 5) is 13.8. The normalized spacial score (nSPS) is 10.9. The molecule has 1 aromatic heterocycles. The number of H-pyrrole nitrogens is 1. The molecule has 2 N–H and O–H groups in total. The minimum Gasteiger partial charge on any atom is -0.481 e. The van der Waals surface area contributed by atoms with Crippen LogP contribution in [0.5, 0.6) is 0 Å². The molecule has 17 heavy (non-hydrogen) atoms. The number of carboxylic acids is 1. The van der Waals surface area contributed by atoms with E-state index in [1.807, 2.05) is 0 Å². The highest BCUT2D eigenvalue weighted by atomic mass is 16.4. The number of carboxylic acid groups (broad SMARTS) is 1. The maximum Gasteiger partial charge on any atom is 0.303 e. The third kappa shape index (κ3) is 2.49. The van der Waals surface area contributed by atoms with Crippen LogP contribution in [-0.2, 0) is 11.2 Å². The number of aryl methyl sites for hydroxylation is 3. The van der Waals surface area contributed by atoms with Crippen molar-refractivity contribution in [2.45, 2.75) is 33.1 Å². The third-order valence-electron chi connectivity index (χ3n) is 3.23. The summed E-state index contributed by atoms with van der Waals surface area (Å²) in [6.45, 7) is 4.18. The minimum absolute atomic E-state index is 0.239. The molecule has 90 valence electrons. The summed E-state index contributed by atoms with van der Waals surface area (Å²) in [5.41, 5.74) is 4.84. The minimum atomic E-state index is -0.722. The quantitative estimate of drug-likeness (QED) is 0.849. The highest BCUT2D eigenvalue weighted by molar-refractivity contribution is 5.85. The Balaban J connectivity index is 2.19. The van der Waals surface area contributed by atoms with E-state index in [2.05, 4.69) is 37.0 Å². The molecule has 0 radical (unpaired) electrons. The predicted molar refractivity (Wildman–Crippen MR) is 68.3 cm³/mol. The number of rotatable bonds is 4. The number of hydrogen-bond donors (Lipinski definition) is 2. The predicted octanol–water partition coefficient (Wildman–Crippen LogP) is 3.19. The molecule has 2 rings (SSSR count). The summed E-state index contributed by atoms with van der Waals surface area (Å²) in [5, 5.41) is 9.85. The third-order valence-corrected chi connectivity index (χ3v) is 3.23. The molecular formula is C14H17NO2. The molecule has 0 bridgehead atoms. The smallest absolute Gasteiger partial charge is 0.303 e. The van der Waals surface area contributed by atoms with Gasteiger partial charge in [-0.2, -0.15) is 0 Å².